The van der Waals surface area contributed by atoms with E-state index in [4.69, 9.17) is 4.42 Å². The SMILES string of the molecule is Cc1nc2cc(NC(=O)CC3CCS(=O)(=O)C3)ccc2o1. The van der Waals surface area contributed by atoms with Gasteiger partial charge >= 0.3 is 0 Å². The van der Waals surface area contributed by atoms with Gasteiger partial charge in [0, 0.05) is 19.0 Å². The van der Waals surface area contributed by atoms with Crippen LogP contribution in [-0.4, -0.2) is 30.8 Å². The van der Waals surface area contributed by atoms with Gasteiger partial charge in [0.25, 0.3) is 0 Å². The van der Waals surface area contributed by atoms with Crippen molar-refractivity contribution in [1.29, 1.82) is 0 Å². The van der Waals surface area contributed by atoms with E-state index in [0.29, 0.717) is 29.1 Å². The summed E-state index contributed by atoms with van der Waals surface area (Å²) in [5.74, 6) is 0.631. The van der Waals surface area contributed by atoms with Crippen LogP contribution in [0.2, 0.25) is 0 Å². The molecule has 0 aliphatic carbocycles. The molecule has 1 N–H and O–H groups in total. The van der Waals surface area contributed by atoms with Crippen LogP contribution in [0, 0.1) is 12.8 Å². The highest BCUT2D eigenvalue weighted by molar-refractivity contribution is 7.91. The number of carbonyl (C=O) groups is 1. The van der Waals surface area contributed by atoms with Gasteiger partial charge in [-0.25, -0.2) is 13.4 Å². The molecule has 2 heterocycles. The minimum atomic E-state index is -2.94. The predicted molar refractivity (Wildman–Crippen MR) is 78.8 cm³/mol. The van der Waals surface area contributed by atoms with Crippen molar-refractivity contribution in [1.82, 2.24) is 4.98 Å². The van der Waals surface area contributed by atoms with Gasteiger partial charge in [0.2, 0.25) is 5.91 Å². The maximum absolute atomic E-state index is 12.0. The van der Waals surface area contributed by atoms with Crippen LogP contribution in [-0.2, 0) is 14.6 Å². The Morgan fingerprint density at radius 1 is 1.48 bits per heavy atom. The average molecular weight is 308 g/mol. The van der Waals surface area contributed by atoms with Crippen LogP contribution in [0.3, 0.4) is 0 Å². The number of nitrogens with one attached hydrogen (secondary N) is 1. The first-order valence-electron chi connectivity index (χ1n) is 6.79. The van der Waals surface area contributed by atoms with E-state index < -0.39 is 9.84 Å². The second kappa shape index (κ2) is 5.14. The molecule has 2 aromatic rings. The molecule has 6 nitrogen and oxygen atoms in total. The molecule has 1 amide bonds. The summed E-state index contributed by atoms with van der Waals surface area (Å²) in [5.41, 5.74) is 2.00. The quantitative estimate of drug-likeness (QED) is 0.935. The van der Waals surface area contributed by atoms with Gasteiger partial charge in [-0.2, -0.15) is 0 Å². The second-order valence-corrected chi connectivity index (χ2v) is 7.67. The van der Waals surface area contributed by atoms with Crippen LogP contribution in [0.5, 0.6) is 0 Å². The van der Waals surface area contributed by atoms with E-state index in [0.717, 1.165) is 0 Å². The number of aromatic nitrogens is 1. The van der Waals surface area contributed by atoms with Gasteiger partial charge in [-0.3, -0.25) is 4.79 Å². The fourth-order valence-corrected chi connectivity index (χ4v) is 4.49. The van der Waals surface area contributed by atoms with Gasteiger partial charge in [0.15, 0.2) is 21.3 Å². The summed E-state index contributed by atoms with van der Waals surface area (Å²) in [6.45, 7) is 1.76. The first-order chi connectivity index (χ1) is 9.91. The number of rotatable bonds is 3. The number of fused-ring (bicyclic) bond motifs is 1. The van der Waals surface area contributed by atoms with Crippen molar-refractivity contribution >= 4 is 32.5 Å². The standard InChI is InChI=1S/C14H16N2O4S/c1-9-15-12-7-11(2-3-13(12)20-9)16-14(17)6-10-4-5-21(18,19)8-10/h2-3,7,10H,4-6,8H2,1H3,(H,16,17). The molecule has 0 spiro atoms. The molecule has 3 rings (SSSR count). The second-order valence-electron chi connectivity index (χ2n) is 5.44. The van der Waals surface area contributed by atoms with E-state index in [1.807, 2.05) is 0 Å². The number of aryl methyl sites for hydroxylation is 1. The van der Waals surface area contributed by atoms with Crippen LogP contribution < -0.4 is 5.32 Å². The molecular formula is C14H16N2O4S. The molecule has 0 bridgehead atoms. The smallest absolute Gasteiger partial charge is 0.224 e. The van der Waals surface area contributed by atoms with Crippen molar-refractivity contribution in [2.75, 3.05) is 16.8 Å². The Bertz CT molecular complexity index is 794. The highest BCUT2D eigenvalue weighted by Gasteiger charge is 2.29. The zero-order chi connectivity index (χ0) is 15.0. The lowest BCUT2D eigenvalue weighted by atomic mass is 10.1. The molecule has 1 aromatic carbocycles. The monoisotopic (exact) mass is 308 g/mol. The largest absolute Gasteiger partial charge is 0.441 e. The molecule has 21 heavy (non-hydrogen) atoms. The number of hydrogen-bond acceptors (Lipinski definition) is 5. The zero-order valence-electron chi connectivity index (χ0n) is 11.6. The first-order valence-corrected chi connectivity index (χ1v) is 8.61. The van der Waals surface area contributed by atoms with Gasteiger partial charge in [0.05, 0.1) is 11.5 Å². The molecule has 1 fully saturated rings. The summed E-state index contributed by atoms with van der Waals surface area (Å²) < 4.78 is 28.1. The molecule has 1 saturated heterocycles. The Labute approximate surface area is 122 Å². The maximum atomic E-state index is 12.0. The number of oxazole rings is 1. The van der Waals surface area contributed by atoms with Crippen molar-refractivity contribution in [2.45, 2.75) is 19.8 Å². The molecular weight excluding hydrogens is 292 g/mol. The zero-order valence-corrected chi connectivity index (χ0v) is 12.4. The summed E-state index contributed by atoms with van der Waals surface area (Å²) in [4.78, 5) is 16.2. The molecule has 7 heteroatoms. The van der Waals surface area contributed by atoms with Crippen molar-refractivity contribution in [3.8, 4) is 0 Å². The number of hydrogen-bond donors (Lipinski definition) is 1. The maximum Gasteiger partial charge on any atom is 0.224 e. The number of sulfone groups is 1. The van der Waals surface area contributed by atoms with Crippen LogP contribution in [0.4, 0.5) is 5.69 Å². The molecule has 1 atom stereocenters. The van der Waals surface area contributed by atoms with E-state index in [1.54, 1.807) is 25.1 Å². The lowest BCUT2D eigenvalue weighted by molar-refractivity contribution is -0.116. The molecule has 0 radical (unpaired) electrons. The van der Waals surface area contributed by atoms with Crippen LogP contribution in [0.25, 0.3) is 11.1 Å². The first kappa shape index (κ1) is 14.1. The minimum Gasteiger partial charge on any atom is -0.441 e. The topological polar surface area (TPSA) is 89.3 Å². The third-order valence-corrected chi connectivity index (χ3v) is 5.42. The van der Waals surface area contributed by atoms with Gasteiger partial charge in [0.1, 0.15) is 5.52 Å². The molecule has 1 unspecified atom stereocenters. The van der Waals surface area contributed by atoms with Gasteiger partial charge < -0.3 is 9.73 Å². The van der Waals surface area contributed by atoms with Crippen molar-refractivity contribution < 1.29 is 17.6 Å². The molecule has 0 saturated carbocycles. The Morgan fingerprint density at radius 3 is 3.00 bits per heavy atom. The number of carbonyl (C=O) groups excluding carboxylic acids is 1. The molecule has 1 aromatic heterocycles. The third kappa shape index (κ3) is 3.24. The Kier molecular flexibility index (Phi) is 3.44. The summed E-state index contributed by atoms with van der Waals surface area (Å²) in [6.07, 6.45) is 0.798. The van der Waals surface area contributed by atoms with E-state index in [-0.39, 0.29) is 29.8 Å². The minimum absolute atomic E-state index is 0.0759. The Morgan fingerprint density at radius 2 is 2.29 bits per heavy atom. The average Bonchev–Trinajstić information content (AvgIpc) is 2.90. The lowest BCUT2D eigenvalue weighted by Crippen LogP contribution is -2.17. The summed E-state index contributed by atoms with van der Waals surface area (Å²) >= 11 is 0. The molecule has 1 aliphatic rings. The van der Waals surface area contributed by atoms with Gasteiger partial charge in [-0.15, -0.1) is 0 Å². The molecule has 112 valence electrons. The lowest BCUT2D eigenvalue weighted by Gasteiger charge is -2.08. The highest BCUT2D eigenvalue weighted by atomic mass is 32.2. The van der Waals surface area contributed by atoms with Crippen molar-refractivity contribution in [3.05, 3.63) is 24.1 Å². The third-order valence-electron chi connectivity index (χ3n) is 3.58. The van der Waals surface area contributed by atoms with E-state index in [1.165, 1.54) is 0 Å². The summed E-state index contributed by atoms with van der Waals surface area (Å²) in [6, 6.07) is 5.25. The van der Waals surface area contributed by atoms with Crippen molar-refractivity contribution in [3.63, 3.8) is 0 Å². The van der Waals surface area contributed by atoms with Crippen LogP contribution >= 0.6 is 0 Å². The van der Waals surface area contributed by atoms with Crippen molar-refractivity contribution in [2.24, 2.45) is 5.92 Å². The van der Waals surface area contributed by atoms with E-state index in [9.17, 15) is 13.2 Å². The fraction of sp³-hybridized carbons (Fsp3) is 0.429. The Hall–Kier alpha value is -1.89. The number of benzene rings is 1. The fourth-order valence-electron chi connectivity index (χ4n) is 2.63. The van der Waals surface area contributed by atoms with E-state index in [2.05, 4.69) is 10.3 Å². The van der Waals surface area contributed by atoms with E-state index >= 15 is 0 Å². The predicted octanol–water partition coefficient (Wildman–Crippen LogP) is 1.90. The summed E-state index contributed by atoms with van der Waals surface area (Å²) in [5, 5.41) is 2.78. The Balaban J connectivity index is 1.66. The van der Waals surface area contributed by atoms with Gasteiger partial charge in [-0.1, -0.05) is 0 Å². The molecule has 1 aliphatic heterocycles. The summed E-state index contributed by atoms with van der Waals surface area (Å²) in [7, 11) is -2.94. The normalized spacial score (nSPS) is 20.7. The number of amides is 1. The number of anilines is 1. The highest BCUT2D eigenvalue weighted by Crippen LogP contribution is 2.23. The van der Waals surface area contributed by atoms with Crippen LogP contribution in [0.1, 0.15) is 18.7 Å². The number of nitrogens with zero attached hydrogens (tertiary/aromatic N) is 1. The van der Waals surface area contributed by atoms with Gasteiger partial charge in [-0.05, 0) is 30.5 Å². The van der Waals surface area contributed by atoms with Crippen LogP contribution in [0.15, 0.2) is 22.6 Å².